The highest BCUT2D eigenvalue weighted by atomic mass is 79.9. The van der Waals surface area contributed by atoms with Crippen molar-refractivity contribution in [3.05, 3.63) is 112 Å². The quantitative estimate of drug-likeness (QED) is 0.212. The molecule has 0 saturated carbocycles. The van der Waals surface area contributed by atoms with Gasteiger partial charge in [-0.15, -0.1) is 11.3 Å². The Morgan fingerprint density at radius 1 is 0.865 bits per heavy atom. The van der Waals surface area contributed by atoms with Gasteiger partial charge in [0.25, 0.3) is 15.9 Å². The molecule has 0 saturated heterocycles. The molecule has 1 aromatic heterocycles. The molecule has 1 N–H and O–H groups in total. The molecule has 186 valence electrons. The number of nitrogens with zero attached hydrogens (tertiary/aromatic N) is 1. The van der Waals surface area contributed by atoms with Gasteiger partial charge in [-0.25, -0.2) is 8.42 Å². The normalized spacial score (nSPS) is 11.3. The Labute approximate surface area is 227 Å². The zero-order valence-electron chi connectivity index (χ0n) is 19.6. The van der Waals surface area contributed by atoms with Gasteiger partial charge in [0.15, 0.2) is 0 Å². The lowest BCUT2D eigenvalue weighted by molar-refractivity contribution is 0.103. The van der Waals surface area contributed by atoms with Crippen LogP contribution >= 0.6 is 27.3 Å². The van der Waals surface area contributed by atoms with Gasteiger partial charge in [0.2, 0.25) is 0 Å². The van der Waals surface area contributed by atoms with Crippen molar-refractivity contribution in [2.45, 2.75) is 4.90 Å². The summed E-state index contributed by atoms with van der Waals surface area (Å²) < 4.78 is 34.8. The first-order chi connectivity index (χ1) is 17.8. The Morgan fingerprint density at radius 2 is 1.54 bits per heavy atom. The summed E-state index contributed by atoms with van der Waals surface area (Å²) in [5, 5.41) is 3.69. The van der Waals surface area contributed by atoms with Gasteiger partial charge in [0.1, 0.15) is 11.5 Å². The number of para-hydroxylation sites is 1. The minimum Gasteiger partial charge on any atom is -0.457 e. The van der Waals surface area contributed by atoms with E-state index in [9.17, 15) is 13.2 Å². The van der Waals surface area contributed by atoms with Crippen LogP contribution < -0.4 is 14.4 Å². The average molecular weight is 594 g/mol. The maximum atomic E-state index is 13.1. The summed E-state index contributed by atoms with van der Waals surface area (Å²) in [6.45, 7) is 0. The lowest BCUT2D eigenvalue weighted by Gasteiger charge is -2.19. The second kappa shape index (κ2) is 10.4. The van der Waals surface area contributed by atoms with Crippen LogP contribution in [0.2, 0.25) is 0 Å². The molecule has 0 unspecified atom stereocenters. The van der Waals surface area contributed by atoms with E-state index in [1.54, 1.807) is 66.7 Å². The molecular formula is C28H21BrN2O4S2. The van der Waals surface area contributed by atoms with Gasteiger partial charge < -0.3 is 10.1 Å². The van der Waals surface area contributed by atoms with Gasteiger partial charge in [0.05, 0.1) is 15.5 Å². The highest BCUT2D eigenvalue weighted by Gasteiger charge is 2.22. The molecule has 0 radical (unpaired) electrons. The fraction of sp³-hybridized carbons (Fsp3) is 0.0357. The van der Waals surface area contributed by atoms with Crippen LogP contribution in [0.1, 0.15) is 9.67 Å². The first-order valence-electron chi connectivity index (χ1n) is 11.2. The second-order valence-electron chi connectivity index (χ2n) is 8.15. The number of carbonyl (C=O) groups is 1. The molecule has 6 nitrogen and oxygen atoms in total. The van der Waals surface area contributed by atoms with E-state index in [1.807, 2.05) is 36.4 Å². The highest BCUT2D eigenvalue weighted by Crippen LogP contribution is 2.32. The largest absolute Gasteiger partial charge is 0.457 e. The van der Waals surface area contributed by atoms with Crippen LogP contribution in [0.25, 0.3) is 10.1 Å². The SMILES string of the molecule is CN(c1ccc2sc(C(=O)Nc3ccc(Oc4ccccc4)cc3)cc2c1)S(=O)(=O)c1ccc(Br)cc1. The summed E-state index contributed by atoms with van der Waals surface area (Å²) in [7, 11) is -2.21. The fourth-order valence-electron chi connectivity index (χ4n) is 3.67. The van der Waals surface area contributed by atoms with Crippen molar-refractivity contribution < 1.29 is 17.9 Å². The summed E-state index contributed by atoms with van der Waals surface area (Å²) >= 11 is 4.67. The third-order valence-corrected chi connectivity index (χ3v) is 9.09. The Kier molecular flexibility index (Phi) is 7.01. The number of hydrogen-bond donors (Lipinski definition) is 1. The van der Waals surface area contributed by atoms with E-state index in [0.29, 0.717) is 22.0 Å². The summed E-state index contributed by atoms with van der Waals surface area (Å²) in [6, 6.07) is 30.2. The number of nitrogens with one attached hydrogen (secondary N) is 1. The molecule has 0 aliphatic carbocycles. The average Bonchev–Trinajstić information content (AvgIpc) is 3.34. The molecule has 5 rings (SSSR count). The maximum absolute atomic E-state index is 13.1. The Balaban J connectivity index is 1.31. The summed E-state index contributed by atoms with van der Waals surface area (Å²) in [5.74, 6) is 1.16. The summed E-state index contributed by atoms with van der Waals surface area (Å²) in [4.78, 5) is 13.6. The smallest absolute Gasteiger partial charge is 0.265 e. The van der Waals surface area contributed by atoms with Gasteiger partial charge in [-0.3, -0.25) is 9.10 Å². The lowest BCUT2D eigenvalue weighted by atomic mass is 10.2. The van der Waals surface area contributed by atoms with Crippen molar-refractivity contribution in [1.29, 1.82) is 0 Å². The molecule has 0 aliphatic heterocycles. The van der Waals surface area contributed by atoms with Crippen LogP contribution in [0.4, 0.5) is 11.4 Å². The number of ether oxygens (including phenoxy) is 1. The molecule has 0 bridgehead atoms. The molecule has 0 spiro atoms. The molecule has 37 heavy (non-hydrogen) atoms. The van der Waals surface area contributed by atoms with E-state index >= 15 is 0 Å². The third-order valence-electron chi connectivity index (χ3n) is 5.65. The maximum Gasteiger partial charge on any atom is 0.265 e. The van der Waals surface area contributed by atoms with Crippen LogP contribution in [-0.2, 0) is 10.0 Å². The van der Waals surface area contributed by atoms with Gasteiger partial charge in [-0.2, -0.15) is 0 Å². The standard InChI is InChI=1S/C28H21BrN2O4S2/c1-31(37(33,34)25-14-7-20(29)8-15-25)22-11-16-26-19(17-22)18-27(36-26)28(32)30-21-9-12-24(13-10-21)35-23-5-3-2-4-6-23/h2-18H,1H3,(H,30,32). The van der Waals surface area contributed by atoms with Gasteiger partial charge >= 0.3 is 0 Å². The Morgan fingerprint density at radius 3 is 2.24 bits per heavy atom. The Bertz CT molecular complexity index is 1670. The topological polar surface area (TPSA) is 75.7 Å². The van der Waals surface area contributed by atoms with Crippen LogP contribution in [-0.4, -0.2) is 21.4 Å². The van der Waals surface area contributed by atoms with Crippen LogP contribution in [0.3, 0.4) is 0 Å². The van der Waals surface area contributed by atoms with Gasteiger partial charge in [0, 0.05) is 21.9 Å². The number of rotatable bonds is 7. The molecular weight excluding hydrogens is 572 g/mol. The first kappa shape index (κ1) is 25.0. The van der Waals surface area contributed by atoms with Gasteiger partial charge in [-0.05, 0) is 90.3 Å². The van der Waals surface area contributed by atoms with Crippen molar-refractivity contribution >= 4 is 64.7 Å². The van der Waals surface area contributed by atoms with E-state index in [4.69, 9.17) is 4.74 Å². The van der Waals surface area contributed by atoms with Crippen molar-refractivity contribution in [3.63, 3.8) is 0 Å². The van der Waals surface area contributed by atoms with E-state index in [1.165, 1.54) is 22.7 Å². The third kappa shape index (κ3) is 5.53. The zero-order valence-corrected chi connectivity index (χ0v) is 22.8. The van der Waals surface area contributed by atoms with Crippen LogP contribution in [0.5, 0.6) is 11.5 Å². The monoisotopic (exact) mass is 592 g/mol. The van der Waals surface area contributed by atoms with Crippen LogP contribution in [0.15, 0.2) is 112 Å². The summed E-state index contributed by atoms with van der Waals surface area (Å²) in [6.07, 6.45) is 0. The van der Waals surface area contributed by atoms with Crippen molar-refractivity contribution in [1.82, 2.24) is 0 Å². The number of amides is 1. The fourth-order valence-corrected chi connectivity index (χ4v) is 6.06. The zero-order chi connectivity index (χ0) is 26.0. The number of carbonyl (C=O) groups excluding carboxylic acids is 1. The lowest BCUT2D eigenvalue weighted by Crippen LogP contribution is -2.26. The van der Waals surface area contributed by atoms with E-state index < -0.39 is 10.0 Å². The molecule has 1 heterocycles. The van der Waals surface area contributed by atoms with Crippen molar-refractivity contribution in [3.8, 4) is 11.5 Å². The molecule has 9 heteroatoms. The summed E-state index contributed by atoms with van der Waals surface area (Å²) in [5.41, 5.74) is 1.15. The van der Waals surface area contributed by atoms with Gasteiger partial charge in [-0.1, -0.05) is 34.1 Å². The molecule has 0 aliphatic rings. The molecule has 0 fully saturated rings. The number of thiophene rings is 1. The highest BCUT2D eigenvalue weighted by molar-refractivity contribution is 9.10. The number of benzene rings is 4. The number of anilines is 2. The van der Waals surface area contributed by atoms with Crippen LogP contribution in [0, 0.1) is 0 Å². The number of halogens is 1. The van der Waals surface area contributed by atoms with Crippen molar-refractivity contribution in [2.24, 2.45) is 0 Å². The predicted molar refractivity (Wildman–Crippen MR) is 152 cm³/mol. The van der Waals surface area contributed by atoms with E-state index in [-0.39, 0.29) is 10.8 Å². The number of fused-ring (bicyclic) bond motifs is 1. The number of hydrogen-bond acceptors (Lipinski definition) is 5. The Hall–Kier alpha value is -3.66. The molecule has 0 atom stereocenters. The minimum atomic E-state index is -3.72. The van der Waals surface area contributed by atoms with Crippen molar-refractivity contribution in [2.75, 3.05) is 16.7 Å². The first-order valence-corrected chi connectivity index (χ1v) is 14.3. The minimum absolute atomic E-state index is 0.198. The molecule has 1 amide bonds. The molecule has 4 aromatic carbocycles. The number of sulfonamides is 1. The second-order valence-corrected chi connectivity index (χ2v) is 12.1. The predicted octanol–water partition coefficient (Wildman–Crippen LogP) is 7.53. The van der Waals surface area contributed by atoms with E-state index in [0.717, 1.165) is 20.3 Å². The molecule has 5 aromatic rings. The van der Waals surface area contributed by atoms with E-state index in [2.05, 4.69) is 21.2 Å².